The van der Waals surface area contributed by atoms with Crippen LogP contribution in [-0.2, 0) is 6.18 Å². The highest BCUT2D eigenvalue weighted by Gasteiger charge is 2.36. The largest absolute Gasteiger partial charge is 0.417 e. The van der Waals surface area contributed by atoms with Crippen LogP contribution >= 0.6 is 0 Å². The molecule has 284 valence electrons. The molecule has 0 atom stereocenters. The standard InChI is InChI=1S/C53H36F3N3/c1-32-16-20-35(21-17-32)37-24-26-41-39-11-5-7-14-45(39)58(48(41)30-37)47-29-28-43(50-34(3)10-9-13-44(50)53(54,55)56)52(51(47)57-4)59-46-15-8-6-12-40(46)42-27-25-38(31-49(42)59)36-22-18-33(2)19-23-36/h5-31H,1-3H3. The Labute approximate surface area is 339 Å². The van der Waals surface area contributed by atoms with Crippen LogP contribution in [0, 0.1) is 27.3 Å². The van der Waals surface area contributed by atoms with Crippen LogP contribution in [0.5, 0.6) is 0 Å². The van der Waals surface area contributed by atoms with E-state index in [1.165, 1.54) is 6.07 Å². The molecule has 2 heterocycles. The minimum Gasteiger partial charge on any atom is -0.319 e. The average molecular weight is 772 g/mol. The van der Waals surface area contributed by atoms with Crippen molar-refractivity contribution < 1.29 is 13.2 Å². The van der Waals surface area contributed by atoms with E-state index in [1.807, 2.05) is 60.0 Å². The van der Waals surface area contributed by atoms with Gasteiger partial charge in [-0.3, -0.25) is 0 Å². The Bertz CT molecular complexity index is 3340. The third kappa shape index (κ3) is 5.81. The van der Waals surface area contributed by atoms with Gasteiger partial charge in [0.1, 0.15) is 0 Å². The van der Waals surface area contributed by atoms with Gasteiger partial charge in [0.25, 0.3) is 0 Å². The first-order valence-electron chi connectivity index (χ1n) is 19.5. The molecule has 2 aromatic heterocycles. The van der Waals surface area contributed by atoms with E-state index in [-0.39, 0.29) is 11.3 Å². The summed E-state index contributed by atoms with van der Waals surface area (Å²) >= 11 is 0. The van der Waals surface area contributed by atoms with Crippen LogP contribution < -0.4 is 0 Å². The second kappa shape index (κ2) is 13.6. The van der Waals surface area contributed by atoms with Crippen LogP contribution in [0.4, 0.5) is 18.9 Å². The number of nitrogens with zero attached hydrogens (tertiary/aromatic N) is 3. The van der Waals surface area contributed by atoms with E-state index in [4.69, 9.17) is 6.57 Å². The van der Waals surface area contributed by atoms with Crippen LogP contribution in [-0.4, -0.2) is 9.13 Å². The van der Waals surface area contributed by atoms with Gasteiger partial charge in [0, 0.05) is 21.5 Å². The number of aromatic nitrogens is 2. The summed E-state index contributed by atoms with van der Waals surface area (Å²) in [5.74, 6) is 0. The maximum atomic E-state index is 15.1. The van der Waals surface area contributed by atoms with E-state index < -0.39 is 11.7 Å². The molecule has 0 aliphatic rings. The Kier molecular flexibility index (Phi) is 8.33. The predicted octanol–water partition coefficient (Wildman–Crippen LogP) is 15.4. The summed E-state index contributed by atoms with van der Waals surface area (Å²) in [6.07, 6.45) is -4.64. The van der Waals surface area contributed by atoms with Gasteiger partial charge < -0.3 is 9.13 Å². The highest BCUT2D eigenvalue weighted by atomic mass is 19.4. The fourth-order valence-electron chi connectivity index (χ4n) is 8.84. The van der Waals surface area contributed by atoms with Gasteiger partial charge in [0.2, 0.25) is 5.69 Å². The molecule has 0 amide bonds. The van der Waals surface area contributed by atoms with Gasteiger partial charge in [-0.25, -0.2) is 4.85 Å². The third-order valence-corrected chi connectivity index (χ3v) is 11.7. The summed E-state index contributed by atoms with van der Waals surface area (Å²) < 4.78 is 49.5. The minimum absolute atomic E-state index is 0.0518. The first kappa shape index (κ1) is 36.0. The lowest BCUT2D eigenvalue weighted by atomic mass is 9.92. The second-order valence-corrected chi connectivity index (χ2v) is 15.3. The van der Waals surface area contributed by atoms with Crippen LogP contribution in [0.2, 0.25) is 0 Å². The van der Waals surface area contributed by atoms with E-state index in [9.17, 15) is 0 Å². The molecule has 0 unspecified atom stereocenters. The number of aryl methyl sites for hydroxylation is 3. The fourth-order valence-corrected chi connectivity index (χ4v) is 8.84. The quantitative estimate of drug-likeness (QED) is 0.155. The summed E-state index contributed by atoms with van der Waals surface area (Å²) in [5.41, 5.74) is 11.0. The zero-order valence-corrected chi connectivity index (χ0v) is 32.6. The molecule has 0 aliphatic carbocycles. The van der Waals surface area contributed by atoms with Crippen molar-refractivity contribution in [1.82, 2.24) is 9.13 Å². The van der Waals surface area contributed by atoms with Crippen molar-refractivity contribution in [2.24, 2.45) is 0 Å². The molecule has 8 aromatic carbocycles. The van der Waals surface area contributed by atoms with Gasteiger partial charge in [0.15, 0.2) is 0 Å². The maximum Gasteiger partial charge on any atom is 0.417 e. The van der Waals surface area contributed by atoms with E-state index >= 15 is 13.2 Å². The molecular weight excluding hydrogens is 736 g/mol. The highest BCUT2D eigenvalue weighted by Crippen LogP contribution is 2.49. The zero-order valence-electron chi connectivity index (χ0n) is 32.6. The molecule has 59 heavy (non-hydrogen) atoms. The van der Waals surface area contributed by atoms with Gasteiger partial charge >= 0.3 is 6.18 Å². The molecule has 0 radical (unpaired) electrons. The minimum atomic E-state index is -4.64. The van der Waals surface area contributed by atoms with Crippen molar-refractivity contribution in [3.63, 3.8) is 0 Å². The van der Waals surface area contributed by atoms with E-state index in [0.29, 0.717) is 22.5 Å². The van der Waals surface area contributed by atoms with Gasteiger partial charge in [-0.05, 0) is 96.1 Å². The SMILES string of the molecule is [C-]#[N+]c1c(-n2c3ccccc3c3ccc(-c4ccc(C)cc4)cc32)ccc(-c2c(C)cccc2C(F)(F)F)c1-n1c2ccccc2c2ccc(-c3ccc(C)cc3)cc21. The molecule has 0 saturated heterocycles. The number of alkyl halides is 3. The Morgan fingerprint density at radius 3 is 1.51 bits per heavy atom. The second-order valence-electron chi connectivity index (χ2n) is 15.3. The molecule has 0 bridgehead atoms. The molecule has 0 saturated carbocycles. The first-order chi connectivity index (χ1) is 28.6. The number of hydrogen-bond donors (Lipinski definition) is 0. The molecule has 10 aromatic rings. The summed E-state index contributed by atoms with van der Waals surface area (Å²) in [4.78, 5) is 4.32. The highest BCUT2D eigenvalue weighted by molar-refractivity contribution is 6.13. The predicted molar refractivity (Wildman–Crippen MR) is 237 cm³/mol. The van der Waals surface area contributed by atoms with Gasteiger partial charge in [0.05, 0.1) is 45.6 Å². The van der Waals surface area contributed by atoms with Gasteiger partial charge in [-0.15, -0.1) is 0 Å². The van der Waals surface area contributed by atoms with Gasteiger partial charge in [-0.2, -0.15) is 13.2 Å². The summed E-state index contributed by atoms with van der Waals surface area (Å²) in [6, 6.07) is 53.3. The van der Waals surface area contributed by atoms with E-state index in [1.54, 1.807) is 19.1 Å². The number of halogens is 3. The molecule has 10 rings (SSSR count). The lowest BCUT2D eigenvalue weighted by Gasteiger charge is -2.23. The molecule has 0 aliphatic heterocycles. The van der Waals surface area contributed by atoms with Crippen LogP contribution in [0.25, 0.3) is 93.2 Å². The molecule has 0 N–H and O–H groups in total. The topological polar surface area (TPSA) is 14.2 Å². The first-order valence-corrected chi connectivity index (χ1v) is 19.5. The van der Waals surface area contributed by atoms with Crippen molar-refractivity contribution in [1.29, 1.82) is 0 Å². The fraction of sp³-hybridized carbons (Fsp3) is 0.0755. The van der Waals surface area contributed by atoms with E-state index in [2.05, 4.69) is 107 Å². The summed E-state index contributed by atoms with van der Waals surface area (Å²) in [7, 11) is 0. The maximum absolute atomic E-state index is 15.1. The lowest BCUT2D eigenvalue weighted by Crippen LogP contribution is -2.10. The average Bonchev–Trinajstić information content (AvgIpc) is 3.75. The number of benzene rings is 8. The number of para-hydroxylation sites is 2. The molecule has 6 heteroatoms. The number of fused-ring (bicyclic) bond motifs is 6. The Morgan fingerprint density at radius 1 is 0.475 bits per heavy atom. The molecular formula is C53H36F3N3. The van der Waals surface area contributed by atoms with Crippen LogP contribution in [0.1, 0.15) is 22.3 Å². The molecule has 3 nitrogen and oxygen atoms in total. The van der Waals surface area contributed by atoms with Crippen molar-refractivity contribution >= 4 is 49.3 Å². The Balaban J connectivity index is 1.37. The number of hydrogen-bond acceptors (Lipinski definition) is 0. The molecule has 0 fully saturated rings. The normalized spacial score (nSPS) is 11.9. The van der Waals surface area contributed by atoms with E-state index in [0.717, 1.165) is 83.1 Å². The van der Waals surface area contributed by atoms with Crippen molar-refractivity contribution in [3.8, 4) is 44.8 Å². The summed E-state index contributed by atoms with van der Waals surface area (Å²) in [6.45, 7) is 14.8. The van der Waals surface area contributed by atoms with Crippen LogP contribution in [0.15, 0.2) is 164 Å². The Morgan fingerprint density at radius 2 is 0.966 bits per heavy atom. The van der Waals surface area contributed by atoms with Crippen LogP contribution in [0.3, 0.4) is 0 Å². The lowest BCUT2D eigenvalue weighted by molar-refractivity contribution is -0.137. The smallest absolute Gasteiger partial charge is 0.319 e. The monoisotopic (exact) mass is 771 g/mol. The van der Waals surface area contributed by atoms with Crippen molar-refractivity contribution in [2.75, 3.05) is 0 Å². The van der Waals surface area contributed by atoms with Crippen molar-refractivity contribution in [3.05, 3.63) is 197 Å². The number of rotatable bonds is 5. The van der Waals surface area contributed by atoms with Crippen molar-refractivity contribution in [2.45, 2.75) is 26.9 Å². The van der Waals surface area contributed by atoms with Gasteiger partial charge in [-0.1, -0.05) is 139 Å². The third-order valence-electron chi connectivity index (χ3n) is 11.7. The Hall–Kier alpha value is -7.36. The summed E-state index contributed by atoms with van der Waals surface area (Å²) in [5, 5.41) is 3.89. The molecule has 0 spiro atoms. The zero-order chi connectivity index (χ0) is 40.6.